The summed E-state index contributed by atoms with van der Waals surface area (Å²) in [5.74, 6) is 1.09. The van der Waals surface area contributed by atoms with Gasteiger partial charge in [0.1, 0.15) is 18.1 Å². The van der Waals surface area contributed by atoms with Gasteiger partial charge in [0.15, 0.2) is 17.9 Å². The third kappa shape index (κ3) is 5.20. The lowest BCUT2D eigenvalue weighted by Crippen LogP contribution is -2.33. The molecule has 0 N–H and O–H groups in total. The highest BCUT2D eigenvalue weighted by atomic mass is 32.1. The van der Waals surface area contributed by atoms with E-state index in [9.17, 15) is 4.79 Å². The second kappa shape index (κ2) is 11.3. The average Bonchev–Trinajstić information content (AvgIpc) is 3.32. The van der Waals surface area contributed by atoms with Gasteiger partial charge in [0.2, 0.25) is 0 Å². The van der Waals surface area contributed by atoms with Crippen molar-refractivity contribution in [1.82, 2.24) is 4.90 Å². The molecular weight excluding hydrogens is 489 g/mol. The van der Waals surface area contributed by atoms with Gasteiger partial charge >= 0.3 is 0 Å². The number of aldehydes is 1. The Morgan fingerprint density at radius 1 is 0.919 bits per heavy atom. The molecule has 0 bridgehead atoms. The molecule has 4 aromatic rings. The normalized spacial score (nSPS) is 14.0. The van der Waals surface area contributed by atoms with Crippen LogP contribution in [0.15, 0.2) is 54.6 Å². The first-order valence-corrected chi connectivity index (χ1v) is 13.3. The largest absolute Gasteiger partial charge is 0.497 e. The number of benzene rings is 3. The van der Waals surface area contributed by atoms with Crippen LogP contribution in [0.3, 0.4) is 0 Å². The first kappa shape index (κ1) is 25.2. The van der Waals surface area contributed by atoms with Gasteiger partial charge in [-0.05, 0) is 86.1 Å². The third-order valence-electron chi connectivity index (χ3n) is 6.88. The Morgan fingerprint density at radius 2 is 1.65 bits per heavy atom. The van der Waals surface area contributed by atoms with Gasteiger partial charge in [0.25, 0.3) is 0 Å². The van der Waals surface area contributed by atoms with Crippen LogP contribution in [0.1, 0.15) is 29.6 Å². The van der Waals surface area contributed by atoms with Gasteiger partial charge in [-0.15, -0.1) is 11.3 Å². The summed E-state index contributed by atoms with van der Waals surface area (Å²) in [5.41, 5.74) is 2.12. The molecule has 0 atom stereocenters. The van der Waals surface area contributed by atoms with Crippen LogP contribution in [0.4, 0.5) is 4.39 Å². The third-order valence-corrected chi connectivity index (χ3v) is 8.08. The van der Waals surface area contributed by atoms with E-state index in [1.54, 1.807) is 26.4 Å². The number of carbonyl (C=O) groups is 1. The van der Waals surface area contributed by atoms with Crippen molar-refractivity contribution in [3.8, 4) is 38.8 Å². The summed E-state index contributed by atoms with van der Waals surface area (Å²) in [4.78, 5) is 15.3. The van der Waals surface area contributed by atoms with Gasteiger partial charge < -0.3 is 14.2 Å². The molecule has 37 heavy (non-hydrogen) atoms. The first-order valence-electron chi connectivity index (χ1n) is 12.5. The van der Waals surface area contributed by atoms with Crippen LogP contribution in [0.25, 0.3) is 31.7 Å². The van der Waals surface area contributed by atoms with Crippen LogP contribution < -0.4 is 14.2 Å². The molecule has 7 heteroatoms. The van der Waals surface area contributed by atoms with Crippen molar-refractivity contribution in [1.29, 1.82) is 0 Å². The van der Waals surface area contributed by atoms with Crippen LogP contribution in [-0.4, -0.2) is 51.6 Å². The summed E-state index contributed by atoms with van der Waals surface area (Å²) in [5, 5.41) is 0.851. The zero-order valence-corrected chi connectivity index (χ0v) is 21.9. The van der Waals surface area contributed by atoms with E-state index < -0.39 is 5.82 Å². The monoisotopic (exact) mass is 519 g/mol. The van der Waals surface area contributed by atoms with Crippen molar-refractivity contribution in [3.05, 3.63) is 66.0 Å². The van der Waals surface area contributed by atoms with E-state index in [1.165, 1.54) is 30.6 Å². The number of fused-ring (bicyclic) bond motifs is 1. The zero-order chi connectivity index (χ0) is 25.8. The van der Waals surface area contributed by atoms with Crippen LogP contribution in [0.5, 0.6) is 17.2 Å². The first-order chi connectivity index (χ1) is 18.1. The number of hydrogen-bond donors (Lipinski definition) is 0. The van der Waals surface area contributed by atoms with Gasteiger partial charge in [-0.2, -0.15) is 0 Å². The highest BCUT2D eigenvalue weighted by molar-refractivity contribution is 7.23. The maximum absolute atomic E-state index is 16.2. The number of ether oxygens (including phenoxy) is 3. The van der Waals surface area contributed by atoms with Crippen LogP contribution in [-0.2, 0) is 0 Å². The smallest absolute Gasteiger partial charge is 0.173 e. The molecule has 2 heterocycles. The highest BCUT2D eigenvalue weighted by Gasteiger charge is 2.24. The van der Waals surface area contributed by atoms with E-state index in [0.717, 1.165) is 45.9 Å². The molecule has 1 saturated heterocycles. The number of halogens is 1. The molecule has 192 valence electrons. The molecule has 1 aliphatic rings. The lowest BCUT2D eigenvalue weighted by molar-refractivity contribution is 0.112. The molecule has 3 aromatic carbocycles. The van der Waals surface area contributed by atoms with E-state index in [2.05, 4.69) is 4.90 Å². The van der Waals surface area contributed by atoms with E-state index >= 15 is 4.39 Å². The van der Waals surface area contributed by atoms with Gasteiger partial charge in [-0.1, -0.05) is 6.42 Å². The van der Waals surface area contributed by atoms with Gasteiger partial charge in [-0.25, -0.2) is 4.39 Å². The Bertz CT molecular complexity index is 1390. The van der Waals surface area contributed by atoms with Crippen molar-refractivity contribution in [3.63, 3.8) is 0 Å². The van der Waals surface area contributed by atoms with E-state index in [0.29, 0.717) is 24.2 Å². The predicted molar refractivity (Wildman–Crippen MR) is 147 cm³/mol. The second-order valence-electron chi connectivity index (χ2n) is 9.11. The molecule has 5 rings (SSSR count). The van der Waals surface area contributed by atoms with Crippen molar-refractivity contribution < 1.29 is 23.4 Å². The number of likely N-dealkylation sites (tertiary alicyclic amines) is 1. The molecular formula is C30H30FNO4S. The van der Waals surface area contributed by atoms with E-state index in [4.69, 9.17) is 14.2 Å². The number of rotatable bonds is 9. The minimum Gasteiger partial charge on any atom is -0.497 e. The molecule has 0 spiro atoms. The Balaban J connectivity index is 1.60. The molecule has 5 nitrogen and oxygen atoms in total. The summed E-state index contributed by atoms with van der Waals surface area (Å²) < 4.78 is 33.8. The number of hydrogen-bond acceptors (Lipinski definition) is 6. The molecule has 1 aromatic heterocycles. The summed E-state index contributed by atoms with van der Waals surface area (Å²) >= 11 is 1.53. The fourth-order valence-electron chi connectivity index (χ4n) is 4.90. The van der Waals surface area contributed by atoms with Crippen molar-refractivity contribution >= 4 is 27.7 Å². The highest BCUT2D eigenvalue weighted by Crippen LogP contribution is 2.48. The summed E-state index contributed by atoms with van der Waals surface area (Å²) in [6.07, 6.45) is 4.35. The standard InChI is InChI=1S/C30H30FNO4S/c1-34-22-9-6-20(7-10-22)30-28(24-12-11-23(35-2)18-26(24)37-30)27-21(19-33)8-13-25(29(27)31)36-17-16-32-14-4-3-5-15-32/h6-13,18-19H,3-5,14-17H2,1-2H3. The fourth-order valence-corrected chi connectivity index (χ4v) is 6.14. The maximum Gasteiger partial charge on any atom is 0.173 e. The minimum absolute atomic E-state index is 0.158. The topological polar surface area (TPSA) is 48.0 Å². The fraction of sp³-hybridized carbons (Fsp3) is 0.300. The summed E-state index contributed by atoms with van der Waals surface area (Å²) in [7, 11) is 3.24. The molecule has 0 aliphatic carbocycles. The Hall–Kier alpha value is -3.42. The number of nitrogens with zero attached hydrogens (tertiary/aromatic N) is 1. The number of piperidine rings is 1. The SMILES string of the molecule is COc1ccc(-c2sc3cc(OC)ccc3c2-c2c(C=O)ccc(OCCN3CCCCC3)c2F)cc1. The molecule has 0 unspecified atom stereocenters. The maximum atomic E-state index is 16.2. The average molecular weight is 520 g/mol. The lowest BCUT2D eigenvalue weighted by Gasteiger charge is -2.26. The van der Waals surface area contributed by atoms with Gasteiger partial charge in [0, 0.05) is 38.2 Å². The molecule has 0 radical (unpaired) electrons. The van der Waals surface area contributed by atoms with Crippen molar-refractivity contribution in [2.24, 2.45) is 0 Å². The summed E-state index contributed by atoms with van der Waals surface area (Å²) in [6, 6.07) is 16.6. The van der Waals surface area contributed by atoms with E-state index in [1.807, 2.05) is 42.5 Å². The number of thiophene rings is 1. The minimum atomic E-state index is -0.520. The van der Waals surface area contributed by atoms with Crippen LogP contribution in [0.2, 0.25) is 0 Å². The number of methoxy groups -OCH3 is 2. The molecule has 0 saturated carbocycles. The van der Waals surface area contributed by atoms with Crippen LogP contribution in [0, 0.1) is 5.82 Å². The van der Waals surface area contributed by atoms with Crippen LogP contribution >= 0.6 is 11.3 Å². The summed E-state index contributed by atoms with van der Waals surface area (Å²) in [6.45, 7) is 3.25. The lowest BCUT2D eigenvalue weighted by atomic mass is 9.94. The quantitative estimate of drug-likeness (QED) is 0.221. The molecule has 1 aliphatic heterocycles. The molecule has 1 fully saturated rings. The Morgan fingerprint density at radius 3 is 2.35 bits per heavy atom. The Labute approximate surface area is 220 Å². The second-order valence-corrected chi connectivity index (χ2v) is 10.2. The predicted octanol–water partition coefficient (Wildman–Crippen LogP) is 7.07. The van der Waals surface area contributed by atoms with Crippen molar-refractivity contribution in [2.45, 2.75) is 19.3 Å². The van der Waals surface area contributed by atoms with E-state index in [-0.39, 0.29) is 16.9 Å². The Kier molecular flexibility index (Phi) is 7.72. The molecule has 0 amide bonds. The number of carbonyl (C=O) groups excluding carboxylic acids is 1. The van der Waals surface area contributed by atoms with Crippen molar-refractivity contribution in [2.75, 3.05) is 40.5 Å². The zero-order valence-electron chi connectivity index (χ0n) is 21.1. The van der Waals surface area contributed by atoms with Gasteiger partial charge in [0.05, 0.1) is 14.2 Å². The van der Waals surface area contributed by atoms with Gasteiger partial charge in [-0.3, -0.25) is 9.69 Å².